The number of methoxy groups -OCH3 is 2. The van der Waals surface area contributed by atoms with Gasteiger partial charge in [-0.25, -0.2) is 4.79 Å². The van der Waals surface area contributed by atoms with Crippen LogP contribution in [0.25, 0.3) is 0 Å². The van der Waals surface area contributed by atoms with E-state index in [4.69, 9.17) is 28.4 Å². The van der Waals surface area contributed by atoms with Gasteiger partial charge in [-0.3, -0.25) is 19.9 Å². The lowest BCUT2D eigenvalue weighted by Gasteiger charge is -2.62. The predicted molar refractivity (Wildman–Crippen MR) is 198 cm³/mol. The number of nitriles is 1. The second-order valence-electron chi connectivity index (χ2n) is 15.1. The Morgan fingerprint density at radius 1 is 1.05 bits per heavy atom. The van der Waals surface area contributed by atoms with Crippen LogP contribution in [0.5, 0.6) is 40.2 Å². The van der Waals surface area contributed by atoms with Crippen molar-refractivity contribution in [2.75, 3.05) is 47.0 Å². The summed E-state index contributed by atoms with van der Waals surface area (Å²) < 4.78 is 36.1. The molecule has 7 atom stereocenters. The lowest BCUT2D eigenvalue weighted by Crippen LogP contribution is -2.69. The number of thioether (sulfide) groups is 1. The smallest absolute Gasteiger partial charge is 0.331 e. The van der Waals surface area contributed by atoms with E-state index in [0.29, 0.717) is 70.2 Å². The van der Waals surface area contributed by atoms with Gasteiger partial charge in [0.2, 0.25) is 6.79 Å². The molecule has 2 saturated heterocycles. The van der Waals surface area contributed by atoms with Crippen molar-refractivity contribution in [3.8, 4) is 46.3 Å². The first kappa shape index (κ1) is 35.8. The summed E-state index contributed by atoms with van der Waals surface area (Å²) in [6.45, 7) is 5.28. The Balaban J connectivity index is 1.33. The maximum absolute atomic E-state index is 14.7. The normalized spacial score (nSPS) is 28.9. The number of aryl methyl sites for hydroxylation is 1. The molecule has 3 aromatic rings. The van der Waals surface area contributed by atoms with Crippen LogP contribution < -0.4 is 29.0 Å². The standard InChI is InChI=1S/C40H42N4O10S/c1-17-9-21-10-23-24(13-41)44-25-14-51-39(48)40(22-12-27(49-5)26(46)11-20(22)7-8-42-40)15-55-38(32(44)31(43(23)4)28(21)33(47)34(17)50-6)30-29(25)37-36(52-16-53-37)18(2)35(30)54-19(3)45/h9,11-12,23-25,31-32,38,42,46-47H,7-8,10,14-16H2,1-6H3/t23?,24-,25-,31?,32+,38-,40?/m0/s1. The van der Waals surface area contributed by atoms with Crippen LogP contribution in [0, 0.1) is 25.2 Å². The number of rotatable bonds is 3. The van der Waals surface area contributed by atoms with Crippen LogP contribution in [-0.2, 0) is 32.7 Å². The number of esters is 2. The van der Waals surface area contributed by atoms with Gasteiger partial charge in [-0.05, 0) is 68.1 Å². The van der Waals surface area contributed by atoms with Crippen LogP contribution in [0.3, 0.4) is 0 Å². The molecule has 0 amide bonds. The van der Waals surface area contributed by atoms with Gasteiger partial charge in [-0.1, -0.05) is 6.07 Å². The second-order valence-corrected chi connectivity index (χ2v) is 16.2. The van der Waals surface area contributed by atoms with E-state index in [-0.39, 0.29) is 42.4 Å². The molecule has 0 saturated carbocycles. The lowest BCUT2D eigenvalue weighted by molar-refractivity contribution is -0.157. The maximum Gasteiger partial charge on any atom is 0.331 e. The summed E-state index contributed by atoms with van der Waals surface area (Å²) in [7, 11) is 4.99. The van der Waals surface area contributed by atoms with E-state index in [1.54, 1.807) is 12.1 Å². The van der Waals surface area contributed by atoms with Crippen LogP contribution in [-0.4, -0.2) is 97.0 Å². The van der Waals surface area contributed by atoms with Crippen molar-refractivity contribution in [3.05, 3.63) is 62.7 Å². The van der Waals surface area contributed by atoms with Gasteiger partial charge >= 0.3 is 11.9 Å². The monoisotopic (exact) mass is 770 g/mol. The van der Waals surface area contributed by atoms with E-state index in [2.05, 4.69) is 21.2 Å². The lowest BCUT2D eigenvalue weighted by atomic mass is 9.71. The number of nitrogens with zero attached hydrogens (tertiary/aromatic N) is 3. The van der Waals surface area contributed by atoms with Crippen molar-refractivity contribution in [1.29, 1.82) is 5.26 Å². The first-order valence-corrected chi connectivity index (χ1v) is 19.4. The number of benzene rings is 3. The zero-order valence-corrected chi connectivity index (χ0v) is 32.2. The van der Waals surface area contributed by atoms with E-state index in [0.717, 1.165) is 16.7 Å². The van der Waals surface area contributed by atoms with E-state index < -0.39 is 46.9 Å². The molecule has 14 nitrogen and oxygen atoms in total. The summed E-state index contributed by atoms with van der Waals surface area (Å²) >= 11 is 1.48. The molecule has 4 bridgehead atoms. The minimum Gasteiger partial charge on any atom is -0.504 e. The number of ether oxygens (including phenoxy) is 6. The molecule has 15 heteroatoms. The molecule has 3 N–H and O–H groups in total. The van der Waals surface area contributed by atoms with E-state index in [9.17, 15) is 25.1 Å². The van der Waals surface area contributed by atoms with Crippen molar-refractivity contribution >= 4 is 23.7 Å². The number of fused-ring (bicyclic) bond motifs is 9. The fraction of sp³-hybridized carbons (Fsp3) is 0.475. The number of hydrogen-bond donors (Lipinski definition) is 3. The molecule has 0 aliphatic carbocycles. The summed E-state index contributed by atoms with van der Waals surface area (Å²) in [5.41, 5.74) is 4.41. The molecule has 10 rings (SSSR count). The minimum atomic E-state index is -1.36. The number of carbonyl (C=O) groups excluding carboxylic acids is 2. The summed E-state index contributed by atoms with van der Waals surface area (Å²) in [5.74, 6) is 0.973. The Labute approximate surface area is 322 Å². The molecular formula is C40H42N4O10S. The predicted octanol–water partition coefficient (Wildman–Crippen LogP) is 3.99. The third-order valence-electron chi connectivity index (χ3n) is 12.4. The van der Waals surface area contributed by atoms with Crippen LogP contribution in [0.4, 0.5) is 0 Å². The topological polar surface area (TPSA) is 172 Å². The van der Waals surface area contributed by atoms with Crippen molar-refractivity contribution < 1.29 is 48.2 Å². The Bertz CT molecular complexity index is 2220. The van der Waals surface area contributed by atoms with Gasteiger partial charge in [0, 0.05) is 53.6 Å². The zero-order valence-electron chi connectivity index (χ0n) is 31.3. The van der Waals surface area contributed by atoms with Crippen LogP contribution >= 0.6 is 11.8 Å². The third kappa shape index (κ3) is 4.90. The number of phenolic OH excluding ortho intramolecular Hbond substituents is 2. The summed E-state index contributed by atoms with van der Waals surface area (Å²) in [4.78, 5) is 32.0. The van der Waals surface area contributed by atoms with Crippen LogP contribution in [0.2, 0.25) is 0 Å². The Hall–Kier alpha value is -4.88. The highest BCUT2D eigenvalue weighted by molar-refractivity contribution is 7.99. The Kier molecular flexibility index (Phi) is 8.36. The highest BCUT2D eigenvalue weighted by Gasteiger charge is 2.62. The number of piperazine rings is 1. The molecule has 7 aliphatic rings. The fourth-order valence-electron chi connectivity index (χ4n) is 10.2. The van der Waals surface area contributed by atoms with Gasteiger partial charge < -0.3 is 38.6 Å². The molecule has 3 aromatic carbocycles. The molecule has 0 aromatic heterocycles. The molecule has 7 heterocycles. The van der Waals surface area contributed by atoms with E-state index >= 15 is 0 Å². The molecule has 0 radical (unpaired) electrons. The first-order valence-electron chi connectivity index (χ1n) is 18.3. The SMILES string of the molecule is COc1cc2c(cc1O)CCNC21CS[C@H]2c3c(OC(C)=O)c(C)c4c(c3[C@H](COC1=O)N1[C@@H]2C2c3c(cc(C)c(OC)c3O)CC([C@@H]1C#N)N2C)OCO4. The van der Waals surface area contributed by atoms with Crippen LogP contribution in [0.1, 0.15) is 68.8 Å². The van der Waals surface area contributed by atoms with Crippen molar-refractivity contribution in [1.82, 2.24) is 15.1 Å². The third-order valence-corrected chi connectivity index (χ3v) is 13.9. The van der Waals surface area contributed by atoms with Crippen molar-refractivity contribution in [2.24, 2.45) is 0 Å². The molecule has 1 spiro atoms. The molecule has 3 unspecified atom stereocenters. The maximum atomic E-state index is 14.7. The first-order chi connectivity index (χ1) is 26.4. The fourth-order valence-corrected chi connectivity index (χ4v) is 11.9. The van der Waals surface area contributed by atoms with Gasteiger partial charge in [0.05, 0.1) is 37.6 Å². The van der Waals surface area contributed by atoms with Crippen molar-refractivity contribution in [3.63, 3.8) is 0 Å². The summed E-state index contributed by atoms with van der Waals surface area (Å²) in [5, 5.41) is 36.9. The Morgan fingerprint density at radius 2 is 1.84 bits per heavy atom. The highest BCUT2D eigenvalue weighted by atomic mass is 32.2. The van der Waals surface area contributed by atoms with Crippen LogP contribution in [0.15, 0.2) is 18.2 Å². The summed E-state index contributed by atoms with van der Waals surface area (Å²) in [6.07, 6.45) is 1.05. The second kappa shape index (κ2) is 12.8. The van der Waals surface area contributed by atoms with Gasteiger partial charge in [0.1, 0.15) is 18.4 Å². The number of phenols is 2. The minimum absolute atomic E-state index is 0.0239. The van der Waals surface area contributed by atoms with E-state index in [1.165, 1.54) is 32.9 Å². The number of nitrogens with one attached hydrogen (secondary N) is 1. The summed E-state index contributed by atoms with van der Waals surface area (Å²) in [6, 6.07) is 5.28. The number of aromatic hydroxyl groups is 2. The van der Waals surface area contributed by atoms with Gasteiger partial charge in [0.15, 0.2) is 40.0 Å². The average Bonchev–Trinajstić information content (AvgIpc) is 3.65. The Morgan fingerprint density at radius 3 is 2.56 bits per heavy atom. The average molecular weight is 771 g/mol. The van der Waals surface area contributed by atoms with Crippen molar-refractivity contribution in [2.45, 2.75) is 74.6 Å². The molecular weight excluding hydrogens is 729 g/mol. The highest BCUT2D eigenvalue weighted by Crippen LogP contribution is 2.64. The molecule has 7 aliphatic heterocycles. The van der Waals surface area contributed by atoms with Gasteiger partial charge in [-0.15, -0.1) is 11.8 Å². The van der Waals surface area contributed by atoms with Gasteiger partial charge in [0.25, 0.3) is 0 Å². The number of carbonyl (C=O) groups is 2. The molecule has 288 valence electrons. The molecule has 55 heavy (non-hydrogen) atoms. The zero-order chi connectivity index (χ0) is 38.7. The number of hydrogen-bond acceptors (Lipinski definition) is 15. The quantitative estimate of drug-likeness (QED) is 0.258. The van der Waals surface area contributed by atoms with Gasteiger partial charge in [-0.2, -0.15) is 5.26 Å². The molecule has 2 fully saturated rings. The van der Waals surface area contributed by atoms with E-state index in [1.807, 2.05) is 27.0 Å². The number of likely N-dealkylation sites (N-methyl/N-ethyl adjacent to an activating group) is 1. The largest absolute Gasteiger partial charge is 0.504 e.